The zero-order valence-corrected chi connectivity index (χ0v) is 18.7. The number of carbonyl (C=O) groups excluding carboxylic acids is 1. The molecule has 2 aromatic carbocycles. The summed E-state index contributed by atoms with van der Waals surface area (Å²) in [4.78, 5) is 28.0. The standard InChI is InChI=1S/C23H17BrFN3O2S/c24-16-5-3-15(4-6-16)13-20-22(30)28(18-9-7-17(25)8-10-18)23(31-20)19(14-26)21(29)27-11-1-2-12-27/h3-10,13H,1-2,11-12H2/b20-13+,23-19-. The first-order valence-electron chi connectivity index (χ1n) is 9.67. The third-order valence-corrected chi connectivity index (χ3v) is 6.63. The molecule has 2 heterocycles. The largest absolute Gasteiger partial charge is 0.338 e. The van der Waals surface area contributed by atoms with Crippen LogP contribution in [0.15, 0.2) is 57.8 Å². The van der Waals surface area contributed by atoms with Crippen molar-refractivity contribution in [1.82, 2.24) is 9.47 Å². The molecule has 0 aliphatic carbocycles. The fraction of sp³-hybridized carbons (Fsp3) is 0.174. The first-order valence-corrected chi connectivity index (χ1v) is 11.3. The third-order valence-electron chi connectivity index (χ3n) is 5.01. The van der Waals surface area contributed by atoms with Gasteiger partial charge in [-0.05, 0) is 60.9 Å². The van der Waals surface area contributed by atoms with Crippen LogP contribution in [-0.4, -0.2) is 28.5 Å². The Morgan fingerprint density at radius 1 is 1.10 bits per heavy atom. The molecule has 1 saturated heterocycles. The van der Waals surface area contributed by atoms with Crippen molar-refractivity contribution in [2.24, 2.45) is 0 Å². The normalized spacial score (nSPS) is 15.1. The Bertz CT molecular complexity index is 1350. The van der Waals surface area contributed by atoms with Crippen molar-refractivity contribution in [1.29, 1.82) is 5.26 Å². The van der Waals surface area contributed by atoms with Crippen LogP contribution < -0.4 is 14.8 Å². The van der Waals surface area contributed by atoms with E-state index in [1.54, 1.807) is 11.0 Å². The molecule has 1 fully saturated rings. The molecule has 3 aromatic rings. The first-order chi connectivity index (χ1) is 15.0. The van der Waals surface area contributed by atoms with Gasteiger partial charge in [0.15, 0.2) is 5.57 Å². The number of halogens is 2. The van der Waals surface area contributed by atoms with Gasteiger partial charge in [-0.3, -0.25) is 14.2 Å². The highest BCUT2D eigenvalue weighted by molar-refractivity contribution is 9.10. The van der Waals surface area contributed by atoms with Crippen LogP contribution in [0.2, 0.25) is 0 Å². The van der Waals surface area contributed by atoms with E-state index in [0.29, 0.717) is 23.3 Å². The third kappa shape index (κ3) is 4.38. The number of benzene rings is 2. The van der Waals surface area contributed by atoms with E-state index in [2.05, 4.69) is 15.9 Å². The van der Waals surface area contributed by atoms with Gasteiger partial charge < -0.3 is 4.90 Å². The lowest BCUT2D eigenvalue weighted by Crippen LogP contribution is -2.35. The van der Waals surface area contributed by atoms with Gasteiger partial charge in [-0.1, -0.05) is 28.1 Å². The molecular weight excluding hydrogens is 481 g/mol. The Morgan fingerprint density at radius 2 is 1.74 bits per heavy atom. The number of hydrogen-bond acceptors (Lipinski definition) is 4. The Labute approximate surface area is 190 Å². The fourth-order valence-electron chi connectivity index (χ4n) is 3.45. The molecule has 0 saturated carbocycles. The zero-order valence-electron chi connectivity index (χ0n) is 16.3. The second kappa shape index (κ2) is 9.00. The predicted octanol–water partition coefficient (Wildman–Crippen LogP) is 2.93. The molecule has 0 spiro atoms. The highest BCUT2D eigenvalue weighted by Gasteiger charge is 2.24. The fourth-order valence-corrected chi connectivity index (χ4v) is 4.81. The van der Waals surface area contributed by atoms with Crippen molar-refractivity contribution >= 4 is 44.8 Å². The second-order valence-corrected chi connectivity index (χ2v) is 9.02. The molecule has 0 unspecified atom stereocenters. The number of thiazole rings is 1. The maximum Gasteiger partial charge on any atom is 0.273 e. The van der Waals surface area contributed by atoms with Gasteiger partial charge in [-0.15, -0.1) is 11.3 Å². The Kier molecular flexibility index (Phi) is 6.16. The van der Waals surface area contributed by atoms with Crippen molar-refractivity contribution < 1.29 is 9.18 Å². The Morgan fingerprint density at radius 3 is 2.35 bits per heavy atom. The lowest BCUT2D eigenvalue weighted by Gasteiger charge is -2.14. The monoisotopic (exact) mass is 497 g/mol. The highest BCUT2D eigenvalue weighted by atomic mass is 79.9. The molecule has 1 aliphatic heterocycles. The van der Waals surface area contributed by atoms with Gasteiger partial charge in [0.25, 0.3) is 11.5 Å². The number of rotatable bonds is 3. The van der Waals surface area contributed by atoms with Gasteiger partial charge in [0.05, 0.1) is 10.2 Å². The van der Waals surface area contributed by atoms with Crippen molar-refractivity contribution in [2.75, 3.05) is 13.1 Å². The van der Waals surface area contributed by atoms with Gasteiger partial charge in [0.2, 0.25) is 0 Å². The lowest BCUT2D eigenvalue weighted by molar-refractivity contribution is -0.123. The summed E-state index contributed by atoms with van der Waals surface area (Å²) < 4.78 is 16.3. The maximum absolute atomic E-state index is 13.5. The number of carbonyl (C=O) groups is 1. The van der Waals surface area contributed by atoms with Crippen LogP contribution in [0.3, 0.4) is 0 Å². The van der Waals surface area contributed by atoms with E-state index in [1.807, 2.05) is 30.3 Å². The highest BCUT2D eigenvalue weighted by Crippen LogP contribution is 2.13. The summed E-state index contributed by atoms with van der Waals surface area (Å²) in [6.45, 7) is 1.18. The Hall–Kier alpha value is -3.02. The van der Waals surface area contributed by atoms with Crippen LogP contribution in [0.25, 0.3) is 17.3 Å². The molecule has 0 radical (unpaired) electrons. The van der Waals surface area contributed by atoms with Crippen LogP contribution in [0.5, 0.6) is 0 Å². The maximum atomic E-state index is 13.5. The summed E-state index contributed by atoms with van der Waals surface area (Å²) in [5.74, 6) is -0.819. The quantitative estimate of drug-likeness (QED) is 0.558. The number of nitriles is 1. The van der Waals surface area contributed by atoms with Crippen LogP contribution in [0.1, 0.15) is 18.4 Å². The number of aromatic nitrogens is 1. The molecule has 156 valence electrons. The van der Waals surface area contributed by atoms with E-state index >= 15 is 0 Å². The number of nitrogens with zero attached hydrogens (tertiary/aromatic N) is 3. The molecule has 0 bridgehead atoms. The SMILES string of the molecule is N#C/C(C(=O)N1CCCC1)=c1/s/c(=C/c2ccc(Br)cc2)c(=O)n1-c1ccc(F)cc1. The number of amides is 1. The molecule has 0 N–H and O–H groups in total. The van der Waals surface area contributed by atoms with Gasteiger partial charge in [0, 0.05) is 17.6 Å². The zero-order chi connectivity index (χ0) is 22.0. The topological polar surface area (TPSA) is 66.1 Å². The van der Waals surface area contributed by atoms with Gasteiger partial charge >= 0.3 is 0 Å². The summed E-state index contributed by atoms with van der Waals surface area (Å²) in [5.41, 5.74) is 0.763. The van der Waals surface area contributed by atoms with Gasteiger partial charge in [-0.2, -0.15) is 5.26 Å². The summed E-state index contributed by atoms with van der Waals surface area (Å²) in [7, 11) is 0. The van der Waals surface area contributed by atoms with E-state index in [1.165, 1.54) is 28.8 Å². The molecule has 0 atom stereocenters. The molecule has 8 heteroatoms. The molecule has 4 rings (SSSR count). The first kappa shape index (κ1) is 21.2. The molecule has 1 aromatic heterocycles. The van der Waals surface area contributed by atoms with E-state index in [4.69, 9.17) is 0 Å². The summed E-state index contributed by atoms with van der Waals surface area (Å²) >= 11 is 4.47. The van der Waals surface area contributed by atoms with E-state index in [9.17, 15) is 19.2 Å². The van der Waals surface area contributed by atoms with Crippen molar-refractivity contribution in [3.63, 3.8) is 0 Å². The minimum absolute atomic E-state index is 0.0798. The number of hydrogen-bond donors (Lipinski definition) is 0. The predicted molar refractivity (Wildman–Crippen MR) is 122 cm³/mol. The van der Waals surface area contributed by atoms with Crippen molar-refractivity contribution in [3.05, 3.63) is 83.9 Å². The van der Waals surface area contributed by atoms with Gasteiger partial charge in [-0.25, -0.2) is 4.39 Å². The Balaban J connectivity index is 2.00. The molecule has 1 aliphatic rings. The van der Waals surface area contributed by atoms with E-state index in [-0.39, 0.29) is 21.7 Å². The smallest absolute Gasteiger partial charge is 0.273 e. The van der Waals surface area contributed by atoms with Crippen molar-refractivity contribution in [2.45, 2.75) is 12.8 Å². The summed E-state index contributed by atoms with van der Waals surface area (Å²) in [6.07, 6.45) is 3.50. The van der Waals surface area contributed by atoms with Crippen LogP contribution in [0.4, 0.5) is 4.39 Å². The van der Waals surface area contributed by atoms with Crippen LogP contribution >= 0.6 is 27.3 Å². The van der Waals surface area contributed by atoms with Crippen LogP contribution in [0, 0.1) is 17.1 Å². The summed E-state index contributed by atoms with van der Waals surface area (Å²) in [5, 5.41) is 9.83. The number of likely N-dealkylation sites (tertiary alicyclic amines) is 1. The lowest BCUT2D eigenvalue weighted by atomic mass is 10.2. The average Bonchev–Trinajstić information content (AvgIpc) is 3.40. The summed E-state index contributed by atoms with van der Waals surface area (Å²) in [6, 6.07) is 14.9. The molecule has 5 nitrogen and oxygen atoms in total. The molecule has 1 amide bonds. The van der Waals surface area contributed by atoms with E-state index < -0.39 is 5.82 Å². The minimum Gasteiger partial charge on any atom is -0.338 e. The average molecular weight is 498 g/mol. The van der Waals surface area contributed by atoms with Crippen LogP contribution in [-0.2, 0) is 4.79 Å². The van der Waals surface area contributed by atoms with Crippen molar-refractivity contribution in [3.8, 4) is 11.8 Å². The minimum atomic E-state index is -0.437. The van der Waals surface area contributed by atoms with E-state index in [0.717, 1.165) is 34.2 Å². The molecule has 31 heavy (non-hydrogen) atoms. The second-order valence-electron chi connectivity index (χ2n) is 7.07. The molecular formula is C23H17BrFN3O2S. The van der Waals surface area contributed by atoms with Gasteiger partial charge in [0.1, 0.15) is 16.5 Å².